The van der Waals surface area contributed by atoms with Gasteiger partial charge in [0, 0.05) is 37.9 Å². The second kappa shape index (κ2) is 5.81. The molecule has 2 aromatic rings. The molecule has 1 unspecified atom stereocenters. The third-order valence-corrected chi connectivity index (χ3v) is 5.85. The number of hydrogen-bond donors (Lipinski definition) is 0. The van der Waals surface area contributed by atoms with E-state index < -0.39 is 0 Å². The fraction of sp³-hybridized carbons (Fsp3) is 0.381. The highest BCUT2D eigenvalue weighted by Gasteiger charge is 2.51. The van der Waals surface area contributed by atoms with E-state index in [-0.39, 0.29) is 17.6 Å². The monoisotopic (exact) mass is 351 g/mol. The predicted octanol–water partition coefficient (Wildman–Crippen LogP) is 3.79. The maximum absolute atomic E-state index is 13.3. The Morgan fingerprint density at radius 2 is 1.81 bits per heavy atom. The van der Waals surface area contributed by atoms with Crippen molar-refractivity contribution in [3.63, 3.8) is 0 Å². The molecule has 3 aliphatic heterocycles. The van der Waals surface area contributed by atoms with Gasteiger partial charge in [0.2, 0.25) is 5.72 Å². The smallest absolute Gasteiger partial charge is 0.200 e. The summed E-state index contributed by atoms with van der Waals surface area (Å²) >= 11 is 0. The van der Waals surface area contributed by atoms with Crippen LogP contribution in [0.3, 0.4) is 0 Å². The van der Waals surface area contributed by atoms with E-state index in [2.05, 4.69) is 35.2 Å². The topological polar surface area (TPSA) is 28.1 Å². The van der Waals surface area contributed by atoms with Crippen LogP contribution in [-0.4, -0.2) is 41.5 Å². The van der Waals surface area contributed by atoms with Gasteiger partial charge in [0.1, 0.15) is 11.6 Å². The molecule has 5 rings (SSSR count). The third kappa shape index (κ3) is 2.42. The van der Waals surface area contributed by atoms with Crippen LogP contribution in [0.25, 0.3) is 0 Å². The van der Waals surface area contributed by atoms with Crippen LogP contribution in [-0.2, 0) is 0 Å². The number of piperidine rings is 1. The largest absolute Gasteiger partial charge is 0.466 e. The van der Waals surface area contributed by atoms with Crippen LogP contribution in [0.15, 0.2) is 53.6 Å². The molecule has 26 heavy (non-hydrogen) atoms. The standard InChI is InChI=1S/C21H22FN3O/c1-24-12-10-21(11-13-24)25-19(17-4-2-3-5-20(17)26-21)14-18(23-25)15-6-8-16(22)9-7-15/h2-9,19H,10-14H2,1H3. The van der Waals surface area contributed by atoms with Crippen LogP contribution in [0.4, 0.5) is 4.39 Å². The van der Waals surface area contributed by atoms with E-state index in [1.165, 1.54) is 17.7 Å². The lowest BCUT2D eigenvalue weighted by Crippen LogP contribution is -2.58. The van der Waals surface area contributed by atoms with Gasteiger partial charge < -0.3 is 9.64 Å². The van der Waals surface area contributed by atoms with Crippen molar-refractivity contribution in [1.29, 1.82) is 0 Å². The van der Waals surface area contributed by atoms with E-state index in [1.807, 2.05) is 18.2 Å². The molecule has 5 heteroatoms. The van der Waals surface area contributed by atoms with Crippen molar-refractivity contribution >= 4 is 5.71 Å². The molecule has 1 atom stereocenters. The highest BCUT2D eigenvalue weighted by molar-refractivity contribution is 6.01. The number of rotatable bonds is 1. The fourth-order valence-electron chi connectivity index (χ4n) is 4.34. The Balaban J connectivity index is 1.57. The highest BCUT2D eigenvalue weighted by Crippen LogP contribution is 2.49. The fourth-order valence-corrected chi connectivity index (χ4v) is 4.34. The van der Waals surface area contributed by atoms with Crippen LogP contribution in [0.1, 0.15) is 36.4 Å². The average molecular weight is 351 g/mol. The lowest BCUT2D eigenvalue weighted by atomic mass is 9.91. The maximum atomic E-state index is 13.3. The van der Waals surface area contributed by atoms with E-state index in [0.717, 1.165) is 49.4 Å². The molecule has 0 aliphatic carbocycles. The Bertz CT molecular complexity index is 856. The summed E-state index contributed by atoms with van der Waals surface area (Å²) in [6.07, 6.45) is 2.67. The number of likely N-dealkylation sites (tertiary alicyclic amines) is 1. The molecule has 134 valence electrons. The summed E-state index contributed by atoms with van der Waals surface area (Å²) in [5.74, 6) is 0.763. The van der Waals surface area contributed by atoms with E-state index in [9.17, 15) is 4.39 Å². The van der Waals surface area contributed by atoms with Crippen molar-refractivity contribution < 1.29 is 9.13 Å². The third-order valence-electron chi connectivity index (χ3n) is 5.85. The minimum Gasteiger partial charge on any atom is -0.466 e. The normalized spacial score (nSPS) is 24.0. The van der Waals surface area contributed by atoms with Crippen molar-refractivity contribution in [1.82, 2.24) is 9.91 Å². The zero-order valence-electron chi connectivity index (χ0n) is 14.9. The van der Waals surface area contributed by atoms with E-state index in [1.54, 1.807) is 0 Å². The molecule has 0 N–H and O–H groups in total. The van der Waals surface area contributed by atoms with Crippen molar-refractivity contribution in [2.24, 2.45) is 5.10 Å². The lowest BCUT2D eigenvalue weighted by molar-refractivity contribution is -0.147. The predicted molar refractivity (Wildman–Crippen MR) is 98.7 cm³/mol. The Labute approximate surface area is 152 Å². The number of hydrazone groups is 1. The van der Waals surface area contributed by atoms with Gasteiger partial charge in [-0.3, -0.25) is 0 Å². The van der Waals surface area contributed by atoms with Crippen LogP contribution in [0.5, 0.6) is 5.75 Å². The van der Waals surface area contributed by atoms with Gasteiger partial charge in [0.25, 0.3) is 0 Å². The molecule has 0 bridgehead atoms. The van der Waals surface area contributed by atoms with Crippen LogP contribution in [0.2, 0.25) is 0 Å². The van der Waals surface area contributed by atoms with E-state index in [0.29, 0.717) is 0 Å². The Morgan fingerprint density at radius 3 is 2.58 bits per heavy atom. The summed E-state index contributed by atoms with van der Waals surface area (Å²) in [6.45, 7) is 1.99. The zero-order valence-corrected chi connectivity index (χ0v) is 14.9. The van der Waals surface area contributed by atoms with Crippen LogP contribution < -0.4 is 4.74 Å². The van der Waals surface area contributed by atoms with Crippen LogP contribution >= 0.6 is 0 Å². The Kier molecular flexibility index (Phi) is 3.54. The number of benzene rings is 2. The molecule has 4 nitrogen and oxygen atoms in total. The Hall–Kier alpha value is -2.40. The first kappa shape index (κ1) is 15.8. The molecule has 0 saturated carbocycles. The molecule has 1 spiro atoms. The van der Waals surface area contributed by atoms with Gasteiger partial charge in [-0.25, -0.2) is 9.40 Å². The average Bonchev–Trinajstić information content (AvgIpc) is 3.12. The van der Waals surface area contributed by atoms with Gasteiger partial charge in [-0.15, -0.1) is 0 Å². The minimum atomic E-state index is -0.382. The summed E-state index contributed by atoms with van der Waals surface area (Å²) in [7, 11) is 2.15. The van der Waals surface area contributed by atoms with E-state index in [4.69, 9.17) is 9.84 Å². The zero-order chi connectivity index (χ0) is 17.7. The van der Waals surface area contributed by atoms with Crippen molar-refractivity contribution in [2.75, 3.05) is 20.1 Å². The summed E-state index contributed by atoms with van der Waals surface area (Å²) in [4.78, 5) is 2.34. The molecule has 3 heterocycles. The Morgan fingerprint density at radius 1 is 1.08 bits per heavy atom. The van der Waals surface area contributed by atoms with Gasteiger partial charge in [-0.1, -0.05) is 30.3 Å². The number of halogens is 1. The molecule has 1 fully saturated rings. The van der Waals surface area contributed by atoms with Crippen molar-refractivity contribution in [3.05, 3.63) is 65.5 Å². The quantitative estimate of drug-likeness (QED) is 0.782. The number of para-hydroxylation sites is 1. The second-order valence-electron chi connectivity index (χ2n) is 7.51. The van der Waals surface area contributed by atoms with Gasteiger partial charge in [0.15, 0.2) is 0 Å². The second-order valence-corrected chi connectivity index (χ2v) is 7.51. The highest BCUT2D eigenvalue weighted by atomic mass is 19.1. The molecule has 3 aliphatic rings. The maximum Gasteiger partial charge on any atom is 0.200 e. The minimum absolute atomic E-state index is 0.184. The molecule has 0 radical (unpaired) electrons. The van der Waals surface area contributed by atoms with Gasteiger partial charge in [-0.2, -0.15) is 5.10 Å². The van der Waals surface area contributed by atoms with Crippen molar-refractivity contribution in [3.8, 4) is 5.75 Å². The lowest BCUT2D eigenvalue weighted by Gasteiger charge is -2.50. The SMILES string of the molecule is CN1CCC2(CC1)Oc1ccccc1C1CC(c3ccc(F)cc3)=NN12. The summed E-state index contributed by atoms with van der Waals surface area (Å²) in [5, 5.41) is 7.19. The van der Waals surface area contributed by atoms with Crippen LogP contribution in [0, 0.1) is 5.82 Å². The number of fused-ring (bicyclic) bond motifs is 4. The molecular weight excluding hydrogens is 329 g/mol. The van der Waals surface area contributed by atoms with E-state index >= 15 is 0 Å². The van der Waals surface area contributed by atoms with Crippen molar-refractivity contribution in [2.45, 2.75) is 31.0 Å². The molecule has 1 saturated heterocycles. The molecule has 2 aromatic carbocycles. The summed E-state index contributed by atoms with van der Waals surface area (Å²) < 4.78 is 19.9. The number of ether oxygens (including phenoxy) is 1. The number of hydrogen-bond acceptors (Lipinski definition) is 4. The van der Waals surface area contributed by atoms with Gasteiger partial charge >= 0.3 is 0 Å². The summed E-state index contributed by atoms with van der Waals surface area (Å²) in [5.41, 5.74) is 2.81. The molecule has 0 amide bonds. The first-order chi connectivity index (χ1) is 12.6. The van der Waals surface area contributed by atoms with Gasteiger partial charge in [0.05, 0.1) is 11.8 Å². The molecular formula is C21H22FN3O. The van der Waals surface area contributed by atoms with Gasteiger partial charge in [-0.05, 0) is 30.8 Å². The molecule has 0 aromatic heterocycles. The summed E-state index contributed by atoms with van der Waals surface area (Å²) in [6, 6.07) is 15.1. The number of nitrogens with zero attached hydrogens (tertiary/aromatic N) is 3. The first-order valence-corrected chi connectivity index (χ1v) is 9.24. The first-order valence-electron chi connectivity index (χ1n) is 9.24.